The Kier molecular flexibility index (Phi) is 5.58. The molecule has 3 heteroatoms. The van der Waals surface area contributed by atoms with Gasteiger partial charge < -0.3 is 15.3 Å². The third-order valence-corrected chi connectivity index (χ3v) is 3.90. The summed E-state index contributed by atoms with van der Waals surface area (Å²) < 4.78 is 0. The van der Waals surface area contributed by atoms with E-state index in [1.54, 1.807) is 0 Å². The lowest BCUT2D eigenvalue weighted by molar-refractivity contribution is 0.104. The van der Waals surface area contributed by atoms with E-state index in [4.69, 9.17) is 5.11 Å². The van der Waals surface area contributed by atoms with Gasteiger partial charge in [-0.1, -0.05) is 6.92 Å². The minimum absolute atomic E-state index is 0.244. The zero-order valence-electron chi connectivity index (χ0n) is 10.4. The Morgan fingerprint density at radius 1 is 1.47 bits per heavy atom. The SMILES string of the molecule is CNC(CO)CCN1CCCC(C)C1C. The molecule has 0 aliphatic carbocycles. The maximum Gasteiger partial charge on any atom is 0.0585 e. The molecule has 3 nitrogen and oxygen atoms in total. The molecule has 2 N–H and O–H groups in total. The van der Waals surface area contributed by atoms with E-state index >= 15 is 0 Å². The Morgan fingerprint density at radius 2 is 2.20 bits per heavy atom. The minimum atomic E-state index is 0.244. The fourth-order valence-corrected chi connectivity index (χ4v) is 2.39. The molecule has 0 spiro atoms. The molecule has 1 heterocycles. The summed E-state index contributed by atoms with van der Waals surface area (Å²) in [5.41, 5.74) is 0. The predicted molar refractivity (Wildman–Crippen MR) is 64.0 cm³/mol. The highest BCUT2D eigenvalue weighted by atomic mass is 16.3. The van der Waals surface area contributed by atoms with E-state index in [0.29, 0.717) is 6.04 Å². The van der Waals surface area contributed by atoms with E-state index in [0.717, 1.165) is 18.9 Å². The van der Waals surface area contributed by atoms with Gasteiger partial charge in [0.25, 0.3) is 0 Å². The van der Waals surface area contributed by atoms with Crippen molar-refractivity contribution in [2.24, 2.45) is 5.92 Å². The van der Waals surface area contributed by atoms with Crippen molar-refractivity contribution in [3.8, 4) is 0 Å². The number of aliphatic hydroxyl groups excluding tert-OH is 1. The lowest BCUT2D eigenvalue weighted by Gasteiger charge is -2.38. The van der Waals surface area contributed by atoms with Crippen molar-refractivity contribution >= 4 is 0 Å². The molecule has 1 fully saturated rings. The Hall–Kier alpha value is -0.120. The van der Waals surface area contributed by atoms with Crippen LogP contribution in [0, 0.1) is 5.92 Å². The lowest BCUT2D eigenvalue weighted by atomic mass is 9.92. The number of likely N-dealkylation sites (tertiary alicyclic amines) is 1. The van der Waals surface area contributed by atoms with Gasteiger partial charge in [0, 0.05) is 12.1 Å². The van der Waals surface area contributed by atoms with Gasteiger partial charge in [0.05, 0.1) is 6.61 Å². The number of likely N-dealkylation sites (N-methyl/N-ethyl adjacent to an activating group) is 1. The normalized spacial score (nSPS) is 30.4. The van der Waals surface area contributed by atoms with Crippen LogP contribution in [0.1, 0.15) is 33.1 Å². The molecule has 0 saturated carbocycles. The van der Waals surface area contributed by atoms with Gasteiger partial charge in [-0.3, -0.25) is 0 Å². The summed E-state index contributed by atoms with van der Waals surface area (Å²) in [4.78, 5) is 2.56. The van der Waals surface area contributed by atoms with Crippen LogP contribution in [0.5, 0.6) is 0 Å². The molecular formula is C12H26N2O. The number of rotatable bonds is 5. The summed E-state index contributed by atoms with van der Waals surface area (Å²) >= 11 is 0. The number of hydrogen-bond acceptors (Lipinski definition) is 3. The molecule has 0 aromatic carbocycles. The second-order valence-electron chi connectivity index (χ2n) is 4.85. The molecule has 3 atom stereocenters. The van der Waals surface area contributed by atoms with Crippen LogP contribution in [-0.2, 0) is 0 Å². The number of aliphatic hydroxyl groups is 1. The van der Waals surface area contributed by atoms with Gasteiger partial charge in [-0.15, -0.1) is 0 Å². The van der Waals surface area contributed by atoms with Crippen LogP contribution in [0.25, 0.3) is 0 Å². The first-order valence-electron chi connectivity index (χ1n) is 6.21. The molecule has 1 aliphatic heterocycles. The monoisotopic (exact) mass is 214 g/mol. The van der Waals surface area contributed by atoms with Gasteiger partial charge in [0.15, 0.2) is 0 Å². The molecule has 3 unspecified atom stereocenters. The third kappa shape index (κ3) is 3.74. The predicted octanol–water partition coefficient (Wildman–Crippen LogP) is 1.08. The molecule has 15 heavy (non-hydrogen) atoms. The maximum atomic E-state index is 9.09. The quantitative estimate of drug-likeness (QED) is 0.719. The Labute approximate surface area is 93.9 Å². The number of nitrogens with one attached hydrogen (secondary N) is 1. The number of piperidine rings is 1. The second-order valence-corrected chi connectivity index (χ2v) is 4.85. The topological polar surface area (TPSA) is 35.5 Å². The summed E-state index contributed by atoms with van der Waals surface area (Å²) in [6, 6.07) is 0.962. The maximum absolute atomic E-state index is 9.09. The average Bonchev–Trinajstić information content (AvgIpc) is 2.25. The van der Waals surface area contributed by atoms with Gasteiger partial charge in [0.1, 0.15) is 0 Å². The van der Waals surface area contributed by atoms with Crippen molar-refractivity contribution in [1.82, 2.24) is 10.2 Å². The van der Waals surface area contributed by atoms with E-state index in [1.807, 2.05) is 7.05 Å². The number of nitrogens with zero attached hydrogens (tertiary/aromatic N) is 1. The first-order chi connectivity index (χ1) is 7.19. The molecular weight excluding hydrogens is 188 g/mol. The van der Waals surface area contributed by atoms with Gasteiger partial charge >= 0.3 is 0 Å². The van der Waals surface area contributed by atoms with Crippen LogP contribution in [0.4, 0.5) is 0 Å². The van der Waals surface area contributed by atoms with E-state index in [9.17, 15) is 0 Å². The molecule has 0 radical (unpaired) electrons. The highest BCUT2D eigenvalue weighted by molar-refractivity contribution is 4.79. The van der Waals surface area contributed by atoms with E-state index in [1.165, 1.54) is 19.4 Å². The van der Waals surface area contributed by atoms with Gasteiger partial charge in [-0.2, -0.15) is 0 Å². The lowest BCUT2D eigenvalue weighted by Crippen LogP contribution is -2.44. The first-order valence-corrected chi connectivity index (χ1v) is 6.21. The van der Waals surface area contributed by atoms with Crippen LogP contribution >= 0.6 is 0 Å². The standard InChI is InChI=1S/C12H26N2O/c1-10-5-4-7-14(11(10)2)8-6-12(9-15)13-3/h10-13,15H,4-9H2,1-3H3. The number of hydrogen-bond donors (Lipinski definition) is 2. The van der Waals surface area contributed by atoms with E-state index < -0.39 is 0 Å². The molecule has 1 aliphatic rings. The van der Waals surface area contributed by atoms with Gasteiger partial charge in [-0.25, -0.2) is 0 Å². The van der Waals surface area contributed by atoms with E-state index in [-0.39, 0.29) is 12.6 Å². The Balaban J connectivity index is 2.30. The van der Waals surface area contributed by atoms with Crippen LogP contribution in [-0.4, -0.2) is 48.8 Å². The van der Waals surface area contributed by atoms with Crippen molar-refractivity contribution in [2.45, 2.75) is 45.2 Å². The summed E-state index contributed by atoms with van der Waals surface area (Å²) in [6.45, 7) is 7.26. The van der Waals surface area contributed by atoms with Crippen molar-refractivity contribution in [3.05, 3.63) is 0 Å². The largest absolute Gasteiger partial charge is 0.395 e. The highest BCUT2D eigenvalue weighted by Gasteiger charge is 2.24. The summed E-state index contributed by atoms with van der Waals surface area (Å²) in [7, 11) is 1.92. The van der Waals surface area contributed by atoms with Crippen molar-refractivity contribution in [3.63, 3.8) is 0 Å². The fraction of sp³-hybridized carbons (Fsp3) is 1.00. The molecule has 0 amide bonds. The molecule has 1 saturated heterocycles. The molecule has 0 aromatic heterocycles. The smallest absolute Gasteiger partial charge is 0.0585 e. The molecule has 90 valence electrons. The zero-order chi connectivity index (χ0) is 11.3. The Morgan fingerprint density at radius 3 is 2.80 bits per heavy atom. The van der Waals surface area contributed by atoms with Crippen molar-refractivity contribution in [1.29, 1.82) is 0 Å². The van der Waals surface area contributed by atoms with Gasteiger partial charge in [-0.05, 0) is 52.2 Å². The second kappa shape index (κ2) is 6.46. The molecule has 0 bridgehead atoms. The minimum Gasteiger partial charge on any atom is -0.395 e. The van der Waals surface area contributed by atoms with Crippen LogP contribution in [0.15, 0.2) is 0 Å². The van der Waals surface area contributed by atoms with Crippen molar-refractivity contribution in [2.75, 3.05) is 26.7 Å². The zero-order valence-corrected chi connectivity index (χ0v) is 10.4. The van der Waals surface area contributed by atoms with E-state index in [2.05, 4.69) is 24.1 Å². The third-order valence-electron chi connectivity index (χ3n) is 3.90. The van der Waals surface area contributed by atoms with Gasteiger partial charge in [0.2, 0.25) is 0 Å². The first kappa shape index (κ1) is 12.9. The average molecular weight is 214 g/mol. The van der Waals surface area contributed by atoms with Crippen molar-refractivity contribution < 1.29 is 5.11 Å². The highest BCUT2D eigenvalue weighted by Crippen LogP contribution is 2.22. The summed E-state index contributed by atoms with van der Waals surface area (Å²) in [5.74, 6) is 0.820. The molecule has 1 rings (SSSR count). The van der Waals surface area contributed by atoms with Crippen LogP contribution in [0.2, 0.25) is 0 Å². The fourth-order valence-electron chi connectivity index (χ4n) is 2.39. The Bertz CT molecular complexity index is 171. The van der Waals surface area contributed by atoms with Crippen LogP contribution in [0.3, 0.4) is 0 Å². The molecule has 0 aromatic rings. The summed E-state index contributed by atoms with van der Waals surface area (Å²) in [5, 5.41) is 12.2. The van der Waals surface area contributed by atoms with Crippen LogP contribution < -0.4 is 5.32 Å². The summed E-state index contributed by atoms with van der Waals surface area (Å²) in [6.07, 6.45) is 3.74.